The highest BCUT2D eigenvalue weighted by Crippen LogP contribution is 2.10. The Morgan fingerprint density at radius 1 is 1.47 bits per heavy atom. The van der Waals surface area contributed by atoms with E-state index in [1.54, 1.807) is 0 Å². The van der Waals surface area contributed by atoms with Gasteiger partial charge in [0, 0.05) is 12.1 Å². The first kappa shape index (κ1) is 12.1. The number of aliphatic hydroxyl groups excluding tert-OH is 1. The number of β-amino-alcohol motifs (C(OH)–C–C–N with tert-alkyl or cyclic N) is 1. The summed E-state index contributed by atoms with van der Waals surface area (Å²) in [7, 11) is 0. The van der Waals surface area contributed by atoms with E-state index >= 15 is 0 Å². The highest BCUT2D eigenvalue weighted by molar-refractivity contribution is 5.08. The van der Waals surface area contributed by atoms with Crippen LogP contribution in [0.5, 0.6) is 0 Å². The lowest BCUT2D eigenvalue weighted by Gasteiger charge is -2.22. The first-order valence-electron chi connectivity index (χ1n) is 4.93. The first-order valence-corrected chi connectivity index (χ1v) is 4.93. The van der Waals surface area contributed by atoms with Crippen LogP contribution in [0.3, 0.4) is 0 Å². The average molecular weight is 212 g/mol. The zero-order valence-electron chi connectivity index (χ0n) is 9.29. The Kier molecular flexibility index (Phi) is 3.77. The molecule has 1 rings (SSSR count). The number of nitrogens with zero attached hydrogens (tertiary/aromatic N) is 1. The SMILES string of the molecule is CC(C)(C)NCC(O)c1ccc(F)cn1. The zero-order valence-corrected chi connectivity index (χ0v) is 9.29. The van der Waals surface area contributed by atoms with E-state index in [-0.39, 0.29) is 5.54 Å². The summed E-state index contributed by atoms with van der Waals surface area (Å²) in [6.45, 7) is 6.44. The number of halogens is 1. The molecule has 0 aliphatic rings. The molecular weight excluding hydrogens is 195 g/mol. The molecule has 2 N–H and O–H groups in total. The van der Waals surface area contributed by atoms with E-state index in [1.807, 2.05) is 20.8 Å². The van der Waals surface area contributed by atoms with Gasteiger partial charge in [-0.05, 0) is 32.9 Å². The standard InChI is InChI=1S/C11H17FN2O/c1-11(2,3)14-7-10(15)9-5-4-8(12)6-13-9/h4-6,10,14-15H,7H2,1-3H3. The zero-order chi connectivity index (χ0) is 11.5. The van der Waals surface area contributed by atoms with Gasteiger partial charge >= 0.3 is 0 Å². The Hall–Kier alpha value is -1.00. The van der Waals surface area contributed by atoms with Gasteiger partial charge in [-0.15, -0.1) is 0 Å². The van der Waals surface area contributed by atoms with Crippen molar-refractivity contribution in [1.82, 2.24) is 10.3 Å². The van der Waals surface area contributed by atoms with Gasteiger partial charge in [0.15, 0.2) is 0 Å². The lowest BCUT2D eigenvalue weighted by Crippen LogP contribution is -2.38. The third-order valence-corrected chi connectivity index (χ3v) is 1.92. The molecule has 0 aliphatic carbocycles. The second-order valence-electron chi connectivity index (χ2n) is 4.55. The van der Waals surface area contributed by atoms with Gasteiger partial charge in [-0.2, -0.15) is 0 Å². The van der Waals surface area contributed by atoms with Crippen molar-refractivity contribution in [2.24, 2.45) is 0 Å². The van der Waals surface area contributed by atoms with Crippen LogP contribution in [-0.2, 0) is 0 Å². The smallest absolute Gasteiger partial charge is 0.141 e. The topological polar surface area (TPSA) is 45.1 Å². The summed E-state index contributed by atoms with van der Waals surface area (Å²) in [4.78, 5) is 3.81. The van der Waals surface area contributed by atoms with Crippen molar-refractivity contribution in [1.29, 1.82) is 0 Å². The minimum absolute atomic E-state index is 0.0546. The maximum atomic E-state index is 12.6. The number of hydrogen-bond acceptors (Lipinski definition) is 3. The molecule has 0 bridgehead atoms. The van der Waals surface area contributed by atoms with Gasteiger partial charge in [0.2, 0.25) is 0 Å². The molecule has 0 aliphatic heterocycles. The molecule has 3 nitrogen and oxygen atoms in total. The molecule has 1 unspecified atom stereocenters. The largest absolute Gasteiger partial charge is 0.385 e. The Morgan fingerprint density at radius 3 is 2.60 bits per heavy atom. The maximum absolute atomic E-state index is 12.6. The van der Waals surface area contributed by atoms with E-state index in [4.69, 9.17) is 0 Å². The van der Waals surface area contributed by atoms with E-state index in [0.717, 1.165) is 6.20 Å². The van der Waals surface area contributed by atoms with Crippen LogP contribution >= 0.6 is 0 Å². The number of rotatable bonds is 3. The predicted octanol–water partition coefficient (Wildman–Crippen LogP) is 1.64. The minimum Gasteiger partial charge on any atom is -0.385 e. The average Bonchev–Trinajstić information content (AvgIpc) is 2.14. The molecule has 4 heteroatoms. The molecule has 1 aromatic rings. The van der Waals surface area contributed by atoms with Crippen LogP contribution in [0.25, 0.3) is 0 Å². The Bertz CT molecular complexity index is 305. The minimum atomic E-state index is -0.704. The highest BCUT2D eigenvalue weighted by Gasteiger charge is 2.14. The van der Waals surface area contributed by atoms with E-state index in [0.29, 0.717) is 12.2 Å². The third kappa shape index (κ3) is 4.36. The number of pyridine rings is 1. The summed E-state index contributed by atoms with van der Waals surface area (Å²) in [5.41, 5.74) is 0.425. The fourth-order valence-corrected chi connectivity index (χ4v) is 1.09. The van der Waals surface area contributed by atoms with Crippen LogP contribution in [0.2, 0.25) is 0 Å². The quantitative estimate of drug-likeness (QED) is 0.800. The van der Waals surface area contributed by atoms with Gasteiger partial charge in [-0.25, -0.2) is 4.39 Å². The molecule has 0 amide bonds. The Morgan fingerprint density at radius 2 is 2.13 bits per heavy atom. The van der Waals surface area contributed by atoms with Crippen molar-refractivity contribution in [3.63, 3.8) is 0 Å². The Labute approximate surface area is 89.4 Å². The summed E-state index contributed by atoms with van der Waals surface area (Å²) in [5.74, 6) is -0.394. The van der Waals surface area contributed by atoms with Crippen molar-refractivity contribution < 1.29 is 9.50 Å². The van der Waals surface area contributed by atoms with Gasteiger partial charge in [-0.3, -0.25) is 4.98 Å². The summed E-state index contributed by atoms with van der Waals surface area (Å²) >= 11 is 0. The molecule has 0 aromatic carbocycles. The molecule has 0 radical (unpaired) electrons. The Balaban J connectivity index is 2.54. The molecule has 1 atom stereocenters. The first-order chi connectivity index (χ1) is 6.88. The van der Waals surface area contributed by atoms with E-state index in [1.165, 1.54) is 12.1 Å². The molecule has 0 saturated carbocycles. The molecular formula is C11H17FN2O. The number of aromatic nitrogens is 1. The molecule has 0 spiro atoms. The lowest BCUT2D eigenvalue weighted by atomic mass is 10.1. The maximum Gasteiger partial charge on any atom is 0.141 e. The van der Waals surface area contributed by atoms with Crippen molar-refractivity contribution >= 4 is 0 Å². The molecule has 0 fully saturated rings. The van der Waals surface area contributed by atoms with E-state index in [9.17, 15) is 9.50 Å². The monoisotopic (exact) mass is 212 g/mol. The van der Waals surface area contributed by atoms with Crippen molar-refractivity contribution in [2.75, 3.05) is 6.54 Å². The lowest BCUT2D eigenvalue weighted by molar-refractivity contribution is 0.159. The highest BCUT2D eigenvalue weighted by atomic mass is 19.1. The van der Waals surface area contributed by atoms with Crippen LogP contribution in [0.1, 0.15) is 32.6 Å². The molecule has 1 aromatic heterocycles. The van der Waals surface area contributed by atoms with Crippen molar-refractivity contribution in [2.45, 2.75) is 32.4 Å². The normalized spacial score (nSPS) is 13.9. The van der Waals surface area contributed by atoms with Crippen molar-refractivity contribution in [3.8, 4) is 0 Å². The second-order valence-corrected chi connectivity index (χ2v) is 4.55. The predicted molar refractivity (Wildman–Crippen MR) is 56.9 cm³/mol. The summed E-state index contributed by atoms with van der Waals surface area (Å²) in [6.07, 6.45) is 0.403. The summed E-state index contributed by atoms with van der Waals surface area (Å²) in [5, 5.41) is 12.9. The number of hydrogen-bond donors (Lipinski definition) is 2. The molecule has 15 heavy (non-hydrogen) atoms. The molecule has 0 saturated heterocycles. The van der Waals surface area contributed by atoms with Crippen LogP contribution in [0.15, 0.2) is 18.3 Å². The third-order valence-electron chi connectivity index (χ3n) is 1.92. The van der Waals surface area contributed by atoms with Gasteiger partial charge < -0.3 is 10.4 Å². The van der Waals surface area contributed by atoms with Crippen LogP contribution in [-0.4, -0.2) is 22.2 Å². The van der Waals surface area contributed by atoms with Gasteiger partial charge in [-0.1, -0.05) is 0 Å². The fraction of sp³-hybridized carbons (Fsp3) is 0.545. The van der Waals surface area contributed by atoms with Crippen LogP contribution < -0.4 is 5.32 Å². The van der Waals surface area contributed by atoms with Crippen molar-refractivity contribution in [3.05, 3.63) is 29.8 Å². The fourth-order valence-electron chi connectivity index (χ4n) is 1.09. The van der Waals surface area contributed by atoms with Gasteiger partial charge in [0.25, 0.3) is 0 Å². The van der Waals surface area contributed by atoms with Gasteiger partial charge in [0.1, 0.15) is 11.9 Å². The summed E-state index contributed by atoms with van der Waals surface area (Å²) < 4.78 is 12.6. The number of nitrogens with one attached hydrogen (secondary N) is 1. The van der Waals surface area contributed by atoms with Gasteiger partial charge in [0.05, 0.1) is 11.9 Å². The van der Waals surface area contributed by atoms with E-state index < -0.39 is 11.9 Å². The number of aliphatic hydroxyl groups is 1. The molecule has 84 valence electrons. The second kappa shape index (κ2) is 4.68. The van der Waals surface area contributed by atoms with E-state index in [2.05, 4.69) is 10.3 Å². The van der Waals surface area contributed by atoms with Crippen LogP contribution in [0.4, 0.5) is 4.39 Å². The molecule has 1 heterocycles. The van der Waals surface area contributed by atoms with Crippen LogP contribution in [0, 0.1) is 5.82 Å². The summed E-state index contributed by atoms with van der Waals surface area (Å²) in [6, 6.07) is 2.78.